The maximum absolute atomic E-state index is 13.0. The number of nitrogens with one attached hydrogen (secondary N) is 2. The Balaban J connectivity index is 1.84. The molecule has 1 aliphatic rings. The van der Waals surface area contributed by atoms with E-state index in [1.54, 1.807) is 0 Å². The Kier molecular flexibility index (Phi) is 5.60. The number of aromatic nitrogens is 2. The molecule has 0 radical (unpaired) electrons. The van der Waals surface area contributed by atoms with Gasteiger partial charge in [-0.25, -0.2) is 16.8 Å². The van der Waals surface area contributed by atoms with E-state index < -0.39 is 19.9 Å². The van der Waals surface area contributed by atoms with E-state index in [1.807, 2.05) is 0 Å². The average molecular weight is 427 g/mol. The summed E-state index contributed by atoms with van der Waals surface area (Å²) in [6.45, 7) is 1.90. The molecule has 0 spiro atoms. The highest BCUT2D eigenvalue weighted by Gasteiger charge is 2.33. The summed E-state index contributed by atoms with van der Waals surface area (Å²) in [6, 6.07) is 5.96. The van der Waals surface area contributed by atoms with Gasteiger partial charge in [0.15, 0.2) is 9.84 Å². The molecule has 1 fully saturated rings. The van der Waals surface area contributed by atoms with Crippen LogP contribution in [0.1, 0.15) is 31.4 Å². The van der Waals surface area contributed by atoms with E-state index in [0.29, 0.717) is 30.8 Å². The molecule has 28 heavy (non-hydrogen) atoms. The quantitative estimate of drug-likeness (QED) is 0.742. The maximum Gasteiger partial charge on any atom is 0.243 e. The smallest absolute Gasteiger partial charge is 0.243 e. The Morgan fingerprint density at radius 2 is 1.89 bits per heavy atom. The standard InChI is InChI=1S/C17H22N4O5S2/c1-12(22)19-14-5-7-15(8-6-14)28(25,26)21-9-3-4-13(11-21)17-16(10-18-20-17)27(2,23)24/h5-8,10,13H,3-4,9,11H2,1-2H3,(H,18,20)(H,19,22). The highest BCUT2D eigenvalue weighted by atomic mass is 32.2. The van der Waals surface area contributed by atoms with Crippen molar-refractivity contribution in [3.63, 3.8) is 0 Å². The molecular formula is C17H22N4O5S2. The molecule has 1 unspecified atom stereocenters. The van der Waals surface area contributed by atoms with Crippen molar-refractivity contribution < 1.29 is 21.6 Å². The number of hydrogen-bond donors (Lipinski definition) is 2. The fraction of sp³-hybridized carbons (Fsp3) is 0.412. The van der Waals surface area contributed by atoms with Gasteiger partial charge in [-0.2, -0.15) is 9.40 Å². The van der Waals surface area contributed by atoms with Crippen LogP contribution in [-0.4, -0.2) is 56.6 Å². The lowest BCUT2D eigenvalue weighted by Crippen LogP contribution is -2.39. The molecule has 1 atom stereocenters. The first-order chi connectivity index (χ1) is 13.1. The molecule has 1 aliphatic heterocycles. The van der Waals surface area contributed by atoms with Crippen LogP contribution in [0.4, 0.5) is 5.69 Å². The summed E-state index contributed by atoms with van der Waals surface area (Å²) >= 11 is 0. The molecule has 1 aromatic heterocycles. The Labute approximate surface area is 164 Å². The molecule has 2 aromatic rings. The first-order valence-electron chi connectivity index (χ1n) is 8.70. The van der Waals surface area contributed by atoms with Gasteiger partial charge in [-0.05, 0) is 37.1 Å². The number of benzene rings is 1. The third kappa shape index (κ3) is 4.26. The van der Waals surface area contributed by atoms with Gasteiger partial charge in [0.05, 0.1) is 16.8 Å². The monoisotopic (exact) mass is 426 g/mol. The molecule has 3 rings (SSSR count). The highest BCUT2D eigenvalue weighted by molar-refractivity contribution is 7.90. The van der Waals surface area contributed by atoms with Crippen LogP contribution in [0.3, 0.4) is 0 Å². The molecule has 11 heteroatoms. The van der Waals surface area contributed by atoms with E-state index in [4.69, 9.17) is 0 Å². The van der Waals surface area contributed by atoms with E-state index in [0.717, 1.165) is 6.26 Å². The number of nitrogens with zero attached hydrogens (tertiary/aromatic N) is 2. The molecule has 152 valence electrons. The van der Waals surface area contributed by atoms with Crippen LogP contribution in [0.2, 0.25) is 0 Å². The predicted molar refractivity (Wildman–Crippen MR) is 103 cm³/mol. The van der Waals surface area contributed by atoms with Crippen LogP contribution in [0, 0.1) is 0 Å². The van der Waals surface area contributed by atoms with Gasteiger partial charge in [0.25, 0.3) is 0 Å². The number of anilines is 1. The molecule has 0 bridgehead atoms. The van der Waals surface area contributed by atoms with Crippen molar-refractivity contribution in [1.82, 2.24) is 14.5 Å². The van der Waals surface area contributed by atoms with E-state index in [9.17, 15) is 21.6 Å². The van der Waals surface area contributed by atoms with Crippen molar-refractivity contribution in [2.24, 2.45) is 0 Å². The van der Waals surface area contributed by atoms with E-state index in [1.165, 1.54) is 41.7 Å². The number of rotatable bonds is 5. The van der Waals surface area contributed by atoms with E-state index >= 15 is 0 Å². The maximum atomic E-state index is 13.0. The Morgan fingerprint density at radius 1 is 1.21 bits per heavy atom. The summed E-state index contributed by atoms with van der Waals surface area (Å²) in [4.78, 5) is 11.3. The fourth-order valence-electron chi connectivity index (χ4n) is 3.33. The molecule has 1 saturated heterocycles. The summed E-state index contributed by atoms with van der Waals surface area (Å²) in [5.41, 5.74) is 0.960. The van der Waals surface area contributed by atoms with Crippen LogP contribution in [0.15, 0.2) is 40.3 Å². The lowest BCUT2D eigenvalue weighted by atomic mass is 9.96. The number of sulfonamides is 1. The first-order valence-corrected chi connectivity index (χ1v) is 12.0. The molecule has 1 aromatic carbocycles. The number of amides is 1. The van der Waals surface area contributed by atoms with E-state index in [2.05, 4.69) is 15.5 Å². The number of aromatic amines is 1. The molecule has 9 nitrogen and oxygen atoms in total. The second-order valence-corrected chi connectivity index (χ2v) is 10.7. The van der Waals surface area contributed by atoms with Crippen LogP contribution < -0.4 is 5.32 Å². The van der Waals surface area contributed by atoms with Crippen molar-refractivity contribution in [2.75, 3.05) is 24.7 Å². The molecular weight excluding hydrogens is 404 g/mol. The number of carbonyl (C=O) groups excluding carboxylic acids is 1. The number of sulfone groups is 1. The van der Waals surface area contributed by atoms with Gasteiger partial charge in [0, 0.05) is 37.9 Å². The minimum atomic E-state index is -3.74. The summed E-state index contributed by atoms with van der Waals surface area (Å²) in [5.74, 6) is -0.523. The van der Waals surface area contributed by atoms with Crippen molar-refractivity contribution in [1.29, 1.82) is 0 Å². The fourth-order valence-corrected chi connectivity index (χ4v) is 5.71. The van der Waals surface area contributed by atoms with Crippen LogP contribution in [0.5, 0.6) is 0 Å². The third-order valence-electron chi connectivity index (χ3n) is 4.64. The summed E-state index contributed by atoms with van der Waals surface area (Å²) < 4.78 is 51.3. The van der Waals surface area contributed by atoms with Gasteiger partial charge < -0.3 is 5.32 Å². The zero-order valence-electron chi connectivity index (χ0n) is 15.5. The number of H-pyrrole nitrogens is 1. The zero-order chi connectivity index (χ0) is 20.5. The third-order valence-corrected chi connectivity index (χ3v) is 7.64. The minimum absolute atomic E-state index is 0.108. The largest absolute Gasteiger partial charge is 0.326 e. The van der Waals surface area contributed by atoms with Gasteiger partial charge in [0.2, 0.25) is 15.9 Å². The molecule has 2 N–H and O–H groups in total. The zero-order valence-corrected chi connectivity index (χ0v) is 17.2. The van der Waals surface area contributed by atoms with Crippen molar-refractivity contribution in [3.8, 4) is 0 Å². The second-order valence-electron chi connectivity index (χ2n) is 6.83. The van der Waals surface area contributed by atoms with E-state index in [-0.39, 0.29) is 28.2 Å². The van der Waals surface area contributed by atoms with Gasteiger partial charge in [-0.1, -0.05) is 0 Å². The Hall–Kier alpha value is -2.24. The first kappa shape index (κ1) is 20.5. The SMILES string of the molecule is CC(=O)Nc1ccc(S(=O)(=O)N2CCCC(c3[nH]ncc3S(C)(=O)=O)C2)cc1. The topological polar surface area (TPSA) is 129 Å². The van der Waals surface area contributed by atoms with Gasteiger partial charge in [-0.15, -0.1) is 0 Å². The highest BCUT2D eigenvalue weighted by Crippen LogP contribution is 2.32. The summed E-state index contributed by atoms with van der Waals surface area (Å²) in [6.07, 6.45) is 3.64. The van der Waals surface area contributed by atoms with Crippen molar-refractivity contribution in [3.05, 3.63) is 36.2 Å². The van der Waals surface area contributed by atoms with Crippen LogP contribution in [-0.2, 0) is 24.7 Å². The predicted octanol–water partition coefficient (Wildman–Crippen LogP) is 1.34. The Morgan fingerprint density at radius 3 is 2.50 bits per heavy atom. The number of piperidine rings is 1. The molecule has 0 saturated carbocycles. The number of hydrogen-bond acceptors (Lipinski definition) is 6. The van der Waals surface area contributed by atoms with Gasteiger partial charge >= 0.3 is 0 Å². The van der Waals surface area contributed by atoms with Crippen molar-refractivity contribution >= 4 is 31.5 Å². The van der Waals surface area contributed by atoms with Crippen LogP contribution >= 0.6 is 0 Å². The number of carbonyl (C=O) groups is 1. The second kappa shape index (κ2) is 7.64. The average Bonchev–Trinajstić information content (AvgIpc) is 3.12. The Bertz CT molecular complexity index is 1080. The lowest BCUT2D eigenvalue weighted by molar-refractivity contribution is -0.114. The normalized spacial score (nSPS) is 18.7. The van der Waals surface area contributed by atoms with Crippen LogP contribution in [0.25, 0.3) is 0 Å². The van der Waals surface area contributed by atoms with Gasteiger partial charge in [-0.3, -0.25) is 9.89 Å². The lowest BCUT2D eigenvalue weighted by Gasteiger charge is -2.31. The minimum Gasteiger partial charge on any atom is -0.326 e. The summed E-state index contributed by atoms with van der Waals surface area (Å²) in [5, 5.41) is 9.16. The molecule has 2 heterocycles. The molecule has 0 aliphatic carbocycles. The summed E-state index contributed by atoms with van der Waals surface area (Å²) in [7, 11) is -7.20. The van der Waals surface area contributed by atoms with Gasteiger partial charge in [0.1, 0.15) is 4.90 Å². The van der Waals surface area contributed by atoms with Crippen molar-refractivity contribution in [2.45, 2.75) is 35.5 Å². The molecule has 1 amide bonds.